The van der Waals surface area contributed by atoms with Gasteiger partial charge in [-0.3, -0.25) is 0 Å². The van der Waals surface area contributed by atoms with Gasteiger partial charge in [0.1, 0.15) is 0 Å². The van der Waals surface area contributed by atoms with Crippen LogP contribution in [0.25, 0.3) is 0 Å². The minimum absolute atomic E-state index is 0.279. The molecule has 0 amide bonds. The molecular formula is C5H10Al2O2. The van der Waals surface area contributed by atoms with Crippen molar-refractivity contribution < 1.29 is 7.61 Å². The number of rotatable bonds is 4. The van der Waals surface area contributed by atoms with E-state index in [1.54, 1.807) is 0 Å². The third-order valence-electron chi connectivity index (χ3n) is 1.21. The van der Waals surface area contributed by atoms with Crippen molar-refractivity contribution in [2.24, 2.45) is 0 Å². The zero-order valence-electron chi connectivity index (χ0n) is 5.83. The third kappa shape index (κ3) is 5.13. The maximum atomic E-state index is 10.3. The molecule has 4 heteroatoms. The Labute approximate surface area is 67.9 Å². The quantitative estimate of drug-likeness (QED) is 0.571. The van der Waals surface area contributed by atoms with Gasteiger partial charge in [-0.05, 0) is 0 Å². The second-order valence-corrected chi connectivity index (χ2v) is 5.28. The molecule has 0 rings (SSSR count). The van der Waals surface area contributed by atoms with Crippen molar-refractivity contribution in [1.29, 1.82) is 0 Å². The van der Waals surface area contributed by atoms with Gasteiger partial charge in [-0.25, -0.2) is 0 Å². The zero-order chi connectivity index (χ0) is 7.28. The standard InChI is InChI=1S/C5H10.2Al.2O/c1-3-5-4-2;;;;/h3-4H,5H2,1-2H3;;;;. The second kappa shape index (κ2) is 5.45. The summed E-state index contributed by atoms with van der Waals surface area (Å²) in [7, 11) is 0. The summed E-state index contributed by atoms with van der Waals surface area (Å²) in [5.74, 6) is 0. The van der Waals surface area contributed by atoms with Crippen LogP contribution >= 0.6 is 0 Å². The van der Waals surface area contributed by atoms with Crippen LogP contribution in [0.2, 0.25) is 9.56 Å². The summed E-state index contributed by atoms with van der Waals surface area (Å²) in [5, 5.41) is 0. The molecule has 48 valence electrons. The average Bonchev–Trinajstić information content (AvgIpc) is 1.87. The van der Waals surface area contributed by atoms with E-state index in [9.17, 15) is 7.61 Å². The van der Waals surface area contributed by atoms with Crippen LogP contribution in [0.1, 0.15) is 20.3 Å². The van der Waals surface area contributed by atoms with E-state index in [0.29, 0.717) is 0 Å². The Morgan fingerprint density at radius 2 is 1.44 bits per heavy atom. The Bertz CT molecular complexity index is 93.1. The molecule has 0 fully saturated rings. The van der Waals surface area contributed by atoms with Crippen LogP contribution in [0.4, 0.5) is 0 Å². The number of hydrogen-bond acceptors (Lipinski definition) is 2. The van der Waals surface area contributed by atoms with E-state index in [4.69, 9.17) is 0 Å². The molecule has 2 unspecified atom stereocenters. The Kier molecular flexibility index (Phi) is 5.85. The molecule has 0 aliphatic rings. The summed E-state index contributed by atoms with van der Waals surface area (Å²) in [6.45, 7) is 3.88. The van der Waals surface area contributed by atoms with E-state index in [1.165, 1.54) is 0 Å². The van der Waals surface area contributed by atoms with E-state index in [2.05, 4.69) is 0 Å². The van der Waals surface area contributed by atoms with Crippen LogP contribution in [-0.2, 0) is 7.61 Å². The van der Waals surface area contributed by atoms with Gasteiger partial charge in [0.25, 0.3) is 0 Å². The summed E-state index contributed by atoms with van der Waals surface area (Å²) in [6, 6.07) is 0. The topological polar surface area (TPSA) is 34.1 Å². The molecule has 0 aromatic heterocycles. The zero-order valence-corrected chi connectivity index (χ0v) is 8.14. The molecule has 0 aliphatic heterocycles. The van der Waals surface area contributed by atoms with Crippen molar-refractivity contribution in [2.45, 2.75) is 29.8 Å². The first-order valence-electron chi connectivity index (χ1n) is 3.11. The fraction of sp³-hybridized carbons (Fsp3) is 1.00. The molecule has 0 aromatic carbocycles. The number of hydrogen-bond donors (Lipinski definition) is 0. The van der Waals surface area contributed by atoms with Gasteiger partial charge in [-0.1, -0.05) is 0 Å². The van der Waals surface area contributed by atoms with E-state index < -0.39 is 30.3 Å². The molecule has 9 heavy (non-hydrogen) atoms. The van der Waals surface area contributed by atoms with Crippen LogP contribution in [0, 0.1) is 0 Å². The van der Waals surface area contributed by atoms with Crippen molar-refractivity contribution in [3.63, 3.8) is 0 Å². The molecule has 2 nitrogen and oxygen atoms in total. The van der Waals surface area contributed by atoms with Crippen molar-refractivity contribution in [3.8, 4) is 0 Å². The molecule has 0 heterocycles. The Morgan fingerprint density at radius 3 is 1.67 bits per heavy atom. The molecule has 2 atom stereocenters. The Hall–Kier alpha value is 0.665. The molecular weight excluding hydrogens is 146 g/mol. The molecule has 0 spiro atoms. The van der Waals surface area contributed by atoms with Gasteiger partial charge in [-0.2, -0.15) is 0 Å². The molecule has 0 saturated carbocycles. The first-order valence-corrected chi connectivity index (χ1v) is 5.39. The van der Waals surface area contributed by atoms with Gasteiger partial charge >= 0.3 is 67.7 Å². The molecule has 0 aliphatic carbocycles. The van der Waals surface area contributed by atoms with E-state index in [1.807, 2.05) is 13.8 Å². The van der Waals surface area contributed by atoms with Crippen LogP contribution in [0.3, 0.4) is 0 Å². The van der Waals surface area contributed by atoms with E-state index >= 15 is 0 Å². The molecule has 0 aromatic rings. The molecule has 0 radical (unpaired) electrons. The van der Waals surface area contributed by atoms with Crippen LogP contribution in [-0.4, -0.2) is 30.3 Å². The van der Waals surface area contributed by atoms with Crippen molar-refractivity contribution >= 4 is 30.3 Å². The van der Waals surface area contributed by atoms with Crippen molar-refractivity contribution in [3.05, 3.63) is 0 Å². The van der Waals surface area contributed by atoms with Gasteiger partial charge in [0.05, 0.1) is 0 Å². The third-order valence-corrected chi connectivity index (χ3v) is 2.68. The van der Waals surface area contributed by atoms with Gasteiger partial charge < -0.3 is 0 Å². The Balaban J connectivity index is 3.45. The Morgan fingerprint density at radius 1 is 1.11 bits per heavy atom. The van der Waals surface area contributed by atoms with Crippen LogP contribution < -0.4 is 0 Å². The van der Waals surface area contributed by atoms with Gasteiger partial charge in [-0.15, -0.1) is 0 Å². The first kappa shape index (κ1) is 9.66. The summed E-state index contributed by atoms with van der Waals surface area (Å²) >= 11 is -1.34. The fourth-order valence-corrected chi connectivity index (χ4v) is 2.09. The van der Waals surface area contributed by atoms with Crippen LogP contribution in [0.15, 0.2) is 0 Å². The summed E-state index contributed by atoms with van der Waals surface area (Å²) < 4.78 is 21.1. The first-order chi connectivity index (χ1) is 4.20. The molecule has 0 bridgehead atoms. The van der Waals surface area contributed by atoms with Crippen LogP contribution in [0.5, 0.6) is 0 Å². The average molecular weight is 156 g/mol. The SMILES string of the molecule is C[CH](C[CH](C)[Al]=[O])[Al]=[O]. The summed E-state index contributed by atoms with van der Waals surface area (Å²) in [4.78, 5) is 0. The van der Waals surface area contributed by atoms with E-state index in [-0.39, 0.29) is 9.56 Å². The van der Waals surface area contributed by atoms with Gasteiger partial charge in [0.15, 0.2) is 0 Å². The van der Waals surface area contributed by atoms with Crippen molar-refractivity contribution in [1.82, 2.24) is 0 Å². The monoisotopic (exact) mass is 156 g/mol. The van der Waals surface area contributed by atoms with Gasteiger partial charge in [0, 0.05) is 0 Å². The fourth-order valence-electron chi connectivity index (χ4n) is 0.698. The van der Waals surface area contributed by atoms with E-state index in [0.717, 1.165) is 6.42 Å². The summed E-state index contributed by atoms with van der Waals surface area (Å²) in [5.41, 5.74) is 0. The van der Waals surface area contributed by atoms with Gasteiger partial charge in [0.2, 0.25) is 0 Å². The maximum absolute atomic E-state index is 10.3. The summed E-state index contributed by atoms with van der Waals surface area (Å²) in [6.07, 6.45) is 0.859. The molecule has 0 saturated heterocycles. The minimum atomic E-state index is -0.669. The predicted molar refractivity (Wildman–Crippen MR) is 36.3 cm³/mol. The predicted octanol–water partition coefficient (Wildman–Crippen LogP) is 1.09. The second-order valence-electron chi connectivity index (χ2n) is 2.46. The van der Waals surface area contributed by atoms with Crippen molar-refractivity contribution in [2.75, 3.05) is 0 Å². The molecule has 0 N–H and O–H groups in total. The normalized spacial score (nSPS) is 15.3.